The van der Waals surface area contributed by atoms with Crippen LogP contribution in [0.4, 0.5) is 0 Å². The second-order valence-corrected chi connectivity index (χ2v) is 7.03. The van der Waals surface area contributed by atoms with Crippen LogP contribution in [-0.2, 0) is 0 Å². The Labute approximate surface area is 128 Å². The number of hydrogen-bond donors (Lipinski definition) is 1. The third-order valence-corrected chi connectivity index (χ3v) is 5.85. The minimum atomic E-state index is 0.156. The van der Waals surface area contributed by atoms with E-state index in [1.54, 1.807) is 0 Å². The summed E-state index contributed by atoms with van der Waals surface area (Å²) in [5.41, 5.74) is 7.95. The van der Waals surface area contributed by atoms with Crippen LogP contribution >= 0.6 is 15.9 Å². The van der Waals surface area contributed by atoms with Crippen LogP contribution in [0.15, 0.2) is 22.7 Å². The predicted octanol–water partition coefficient (Wildman–Crippen LogP) is 2.96. The normalized spacial score (nSPS) is 29.4. The second-order valence-electron chi connectivity index (χ2n) is 6.24. The molecule has 0 aromatic heterocycles. The highest BCUT2D eigenvalue weighted by atomic mass is 79.9. The van der Waals surface area contributed by atoms with Gasteiger partial charge in [-0.1, -0.05) is 12.1 Å². The zero-order valence-electron chi connectivity index (χ0n) is 11.8. The van der Waals surface area contributed by atoms with Gasteiger partial charge < -0.3 is 10.6 Å². The summed E-state index contributed by atoms with van der Waals surface area (Å²) >= 11 is 3.55. The molecule has 2 fully saturated rings. The molecule has 1 heterocycles. The first-order valence-electron chi connectivity index (χ1n) is 7.36. The van der Waals surface area contributed by atoms with Crippen molar-refractivity contribution in [1.82, 2.24) is 4.90 Å². The van der Waals surface area contributed by atoms with Gasteiger partial charge in [-0.3, -0.25) is 4.79 Å². The van der Waals surface area contributed by atoms with E-state index in [9.17, 15) is 4.79 Å². The number of carbonyl (C=O) groups is 1. The minimum Gasteiger partial charge on any atom is -0.338 e. The zero-order valence-corrected chi connectivity index (χ0v) is 13.4. The van der Waals surface area contributed by atoms with Crippen LogP contribution in [0, 0.1) is 18.8 Å². The van der Waals surface area contributed by atoms with Gasteiger partial charge in [0.05, 0.1) is 5.56 Å². The Morgan fingerprint density at radius 2 is 2.05 bits per heavy atom. The molecule has 20 heavy (non-hydrogen) atoms. The molecule has 1 aliphatic heterocycles. The standard InChI is InChI=1S/C16H21BrN2O/c1-10-3-2-4-14(15(10)17)16(20)19-8-11-5-6-13(18)7-12(11)9-19/h2-4,11-13H,5-9,18H2,1H3/t11-,12+,13?/m1/s1. The number of rotatable bonds is 1. The Morgan fingerprint density at radius 1 is 1.30 bits per heavy atom. The molecule has 2 aliphatic rings. The molecule has 3 atom stereocenters. The fraction of sp³-hybridized carbons (Fsp3) is 0.562. The Balaban J connectivity index is 1.77. The maximum Gasteiger partial charge on any atom is 0.255 e. The summed E-state index contributed by atoms with van der Waals surface area (Å²) in [6.45, 7) is 3.79. The van der Waals surface area contributed by atoms with Crippen LogP contribution in [-0.4, -0.2) is 29.9 Å². The lowest BCUT2D eigenvalue weighted by molar-refractivity contribution is 0.0783. The number of halogens is 1. The molecule has 3 rings (SSSR count). The van der Waals surface area contributed by atoms with Crippen molar-refractivity contribution in [1.29, 1.82) is 0 Å². The summed E-state index contributed by atoms with van der Waals surface area (Å²) in [6.07, 6.45) is 3.35. The number of nitrogens with zero attached hydrogens (tertiary/aromatic N) is 1. The maximum atomic E-state index is 12.7. The van der Waals surface area contributed by atoms with E-state index >= 15 is 0 Å². The van der Waals surface area contributed by atoms with E-state index < -0.39 is 0 Å². The summed E-state index contributed by atoms with van der Waals surface area (Å²) < 4.78 is 0.927. The van der Waals surface area contributed by atoms with Gasteiger partial charge in [0.15, 0.2) is 0 Å². The van der Waals surface area contributed by atoms with Crippen molar-refractivity contribution in [2.24, 2.45) is 17.6 Å². The molecule has 0 spiro atoms. The molecule has 4 heteroatoms. The quantitative estimate of drug-likeness (QED) is 0.856. The van der Waals surface area contributed by atoms with Gasteiger partial charge in [0.2, 0.25) is 0 Å². The lowest BCUT2D eigenvalue weighted by Gasteiger charge is -2.27. The molecular formula is C16H21BrN2O. The summed E-state index contributed by atoms with van der Waals surface area (Å²) in [6, 6.07) is 6.21. The van der Waals surface area contributed by atoms with Gasteiger partial charge in [-0.05, 0) is 65.6 Å². The number of hydrogen-bond acceptors (Lipinski definition) is 2. The van der Waals surface area contributed by atoms with E-state index in [-0.39, 0.29) is 5.91 Å². The Kier molecular flexibility index (Phi) is 3.87. The van der Waals surface area contributed by atoms with Gasteiger partial charge >= 0.3 is 0 Å². The second kappa shape index (κ2) is 5.49. The number of aryl methyl sites for hydroxylation is 1. The molecule has 1 aliphatic carbocycles. The molecule has 0 radical (unpaired) electrons. The molecule has 3 nitrogen and oxygen atoms in total. The Bertz CT molecular complexity index is 531. The number of benzene rings is 1. The van der Waals surface area contributed by atoms with E-state index in [1.807, 2.05) is 30.0 Å². The van der Waals surface area contributed by atoms with Crippen LogP contribution in [0.25, 0.3) is 0 Å². The van der Waals surface area contributed by atoms with Crippen LogP contribution in [0.5, 0.6) is 0 Å². The van der Waals surface area contributed by atoms with Gasteiger partial charge in [0.25, 0.3) is 5.91 Å². The van der Waals surface area contributed by atoms with Crippen LogP contribution in [0.2, 0.25) is 0 Å². The fourth-order valence-electron chi connectivity index (χ4n) is 3.62. The van der Waals surface area contributed by atoms with Crippen molar-refractivity contribution in [2.75, 3.05) is 13.1 Å². The van der Waals surface area contributed by atoms with E-state index in [4.69, 9.17) is 5.73 Å². The first-order valence-corrected chi connectivity index (χ1v) is 8.15. The third-order valence-electron chi connectivity index (χ3n) is 4.80. The molecule has 1 aromatic rings. The summed E-state index contributed by atoms with van der Waals surface area (Å²) in [5.74, 6) is 1.41. The number of likely N-dealkylation sites (tertiary alicyclic amines) is 1. The first-order chi connectivity index (χ1) is 9.56. The molecule has 1 saturated carbocycles. The molecule has 1 aromatic carbocycles. The highest BCUT2D eigenvalue weighted by molar-refractivity contribution is 9.10. The fourth-order valence-corrected chi connectivity index (χ4v) is 4.05. The number of fused-ring (bicyclic) bond motifs is 1. The van der Waals surface area contributed by atoms with Gasteiger partial charge in [0, 0.05) is 23.6 Å². The molecule has 0 bridgehead atoms. The van der Waals surface area contributed by atoms with E-state index in [0.717, 1.165) is 41.5 Å². The number of carbonyl (C=O) groups excluding carboxylic acids is 1. The van der Waals surface area contributed by atoms with Crippen molar-refractivity contribution < 1.29 is 4.79 Å². The summed E-state index contributed by atoms with van der Waals surface area (Å²) in [7, 11) is 0. The average molecular weight is 337 g/mol. The Hall–Kier alpha value is -0.870. The van der Waals surface area contributed by atoms with Crippen LogP contribution in [0.1, 0.15) is 35.2 Å². The molecule has 108 valence electrons. The number of amides is 1. The minimum absolute atomic E-state index is 0.156. The van der Waals surface area contributed by atoms with Gasteiger partial charge in [0.1, 0.15) is 0 Å². The van der Waals surface area contributed by atoms with Crippen molar-refractivity contribution in [3.63, 3.8) is 0 Å². The van der Waals surface area contributed by atoms with Gasteiger partial charge in [-0.15, -0.1) is 0 Å². The van der Waals surface area contributed by atoms with Crippen molar-refractivity contribution in [3.05, 3.63) is 33.8 Å². The lowest BCUT2D eigenvalue weighted by atomic mass is 9.79. The largest absolute Gasteiger partial charge is 0.338 e. The average Bonchev–Trinajstić information content (AvgIpc) is 2.84. The molecule has 1 amide bonds. The zero-order chi connectivity index (χ0) is 14.3. The molecular weight excluding hydrogens is 316 g/mol. The van der Waals surface area contributed by atoms with Crippen molar-refractivity contribution in [2.45, 2.75) is 32.2 Å². The van der Waals surface area contributed by atoms with E-state index in [1.165, 1.54) is 6.42 Å². The summed E-state index contributed by atoms with van der Waals surface area (Å²) in [5, 5.41) is 0. The van der Waals surface area contributed by atoms with E-state index in [0.29, 0.717) is 17.9 Å². The predicted molar refractivity (Wildman–Crippen MR) is 83.6 cm³/mol. The monoisotopic (exact) mass is 336 g/mol. The van der Waals surface area contributed by atoms with Gasteiger partial charge in [-0.2, -0.15) is 0 Å². The Morgan fingerprint density at radius 3 is 2.85 bits per heavy atom. The van der Waals surface area contributed by atoms with Crippen LogP contribution < -0.4 is 5.73 Å². The van der Waals surface area contributed by atoms with Crippen molar-refractivity contribution >= 4 is 21.8 Å². The molecule has 1 saturated heterocycles. The highest BCUT2D eigenvalue weighted by Gasteiger charge is 2.39. The summed E-state index contributed by atoms with van der Waals surface area (Å²) in [4.78, 5) is 14.7. The smallest absolute Gasteiger partial charge is 0.255 e. The third kappa shape index (κ3) is 2.51. The molecule has 2 N–H and O–H groups in total. The van der Waals surface area contributed by atoms with E-state index in [2.05, 4.69) is 15.9 Å². The topological polar surface area (TPSA) is 46.3 Å². The maximum absolute atomic E-state index is 12.7. The first kappa shape index (κ1) is 14.1. The van der Waals surface area contributed by atoms with Crippen LogP contribution in [0.3, 0.4) is 0 Å². The molecule has 1 unspecified atom stereocenters. The SMILES string of the molecule is Cc1cccc(C(=O)N2C[C@H]3CCC(N)C[C@H]3C2)c1Br. The van der Waals surface area contributed by atoms with Crippen molar-refractivity contribution in [3.8, 4) is 0 Å². The highest BCUT2D eigenvalue weighted by Crippen LogP contribution is 2.36. The van der Waals surface area contributed by atoms with Gasteiger partial charge in [-0.25, -0.2) is 0 Å². The lowest BCUT2D eigenvalue weighted by Crippen LogP contribution is -2.32. The number of nitrogens with two attached hydrogens (primary N) is 1.